The number of carbonyl (C=O) groups excluding carboxylic acids is 2. The lowest BCUT2D eigenvalue weighted by Crippen LogP contribution is -2.40. The van der Waals surface area contributed by atoms with Gasteiger partial charge in [0, 0.05) is 10.6 Å². The number of allylic oxidation sites excluding steroid dienone is 2. The number of halogens is 2. The number of benzene rings is 2. The zero-order valence-corrected chi connectivity index (χ0v) is 19.4. The van der Waals surface area contributed by atoms with Crippen molar-refractivity contribution in [2.24, 2.45) is 40.6 Å². The van der Waals surface area contributed by atoms with Gasteiger partial charge in [0.25, 0.3) is 11.8 Å². The van der Waals surface area contributed by atoms with Gasteiger partial charge in [0.1, 0.15) is 12.4 Å². The molecule has 1 saturated heterocycles. The fourth-order valence-corrected chi connectivity index (χ4v) is 6.37. The molecule has 7 rings (SSSR count). The summed E-state index contributed by atoms with van der Waals surface area (Å²) in [6.07, 6.45) is 7.04. The van der Waals surface area contributed by atoms with Crippen molar-refractivity contribution in [3.05, 3.63) is 75.2 Å². The minimum absolute atomic E-state index is 0.153. The van der Waals surface area contributed by atoms with Crippen LogP contribution in [-0.4, -0.2) is 23.0 Å². The van der Waals surface area contributed by atoms with Crippen LogP contribution in [0.25, 0.3) is 0 Å². The molecule has 5 aliphatic rings. The van der Waals surface area contributed by atoms with Crippen molar-refractivity contribution in [2.45, 2.75) is 13.0 Å². The van der Waals surface area contributed by atoms with E-state index < -0.39 is 0 Å². The average molecular weight is 512 g/mol. The molecule has 2 amide bonds. The molecule has 3 fully saturated rings. The van der Waals surface area contributed by atoms with E-state index in [2.05, 4.69) is 33.2 Å². The van der Waals surface area contributed by atoms with E-state index in [9.17, 15) is 9.59 Å². The smallest absolute Gasteiger partial charge is 0.254 e. The molecule has 32 heavy (non-hydrogen) atoms. The number of imide groups is 1. The van der Waals surface area contributed by atoms with Gasteiger partial charge in [0.05, 0.1) is 22.5 Å². The van der Waals surface area contributed by atoms with Crippen LogP contribution >= 0.6 is 27.5 Å². The van der Waals surface area contributed by atoms with Crippen LogP contribution in [0.5, 0.6) is 5.75 Å². The summed E-state index contributed by atoms with van der Waals surface area (Å²) >= 11 is 9.71. The van der Waals surface area contributed by atoms with Gasteiger partial charge in [-0.1, -0.05) is 42.0 Å². The summed E-state index contributed by atoms with van der Waals surface area (Å²) in [5, 5.41) is 6.06. The lowest BCUT2D eigenvalue weighted by molar-refractivity contribution is -0.140. The number of hydrogen-bond donors (Lipinski definition) is 0. The van der Waals surface area contributed by atoms with Crippen molar-refractivity contribution < 1.29 is 14.3 Å². The number of ether oxygens (including phenoxy) is 1. The molecule has 2 aromatic carbocycles. The highest BCUT2D eigenvalue weighted by atomic mass is 79.9. The van der Waals surface area contributed by atoms with E-state index >= 15 is 0 Å². The number of hydrogen-bond acceptors (Lipinski definition) is 4. The van der Waals surface area contributed by atoms with Crippen LogP contribution in [0.3, 0.4) is 0 Å². The number of nitrogens with zero attached hydrogens (tertiary/aromatic N) is 2. The van der Waals surface area contributed by atoms with Crippen LogP contribution in [0, 0.1) is 35.5 Å². The Morgan fingerprint density at radius 2 is 1.75 bits per heavy atom. The summed E-state index contributed by atoms with van der Waals surface area (Å²) in [7, 11) is 0. The first-order chi connectivity index (χ1) is 15.5. The quantitative estimate of drug-likeness (QED) is 0.320. The first-order valence-electron chi connectivity index (χ1n) is 10.8. The molecule has 2 bridgehead atoms. The first kappa shape index (κ1) is 20.2. The molecule has 2 saturated carbocycles. The Bertz CT molecular complexity index is 1160. The van der Waals surface area contributed by atoms with Crippen molar-refractivity contribution in [1.82, 2.24) is 5.01 Å². The van der Waals surface area contributed by atoms with Crippen molar-refractivity contribution in [3.63, 3.8) is 0 Å². The molecule has 0 N–H and O–H groups in total. The van der Waals surface area contributed by atoms with Crippen LogP contribution in [0.2, 0.25) is 5.02 Å². The Hall–Kier alpha value is -2.44. The lowest BCUT2D eigenvalue weighted by atomic mass is 9.63. The van der Waals surface area contributed by atoms with E-state index in [-0.39, 0.29) is 35.5 Å². The number of hydrazone groups is 1. The number of amides is 2. The van der Waals surface area contributed by atoms with E-state index in [1.807, 2.05) is 42.5 Å². The van der Waals surface area contributed by atoms with Gasteiger partial charge in [-0.15, -0.1) is 0 Å². The largest absolute Gasteiger partial charge is 0.488 e. The topological polar surface area (TPSA) is 59.0 Å². The summed E-state index contributed by atoms with van der Waals surface area (Å²) < 4.78 is 6.63. The van der Waals surface area contributed by atoms with Crippen LogP contribution in [0.15, 0.2) is 64.2 Å². The SMILES string of the molecule is O=C1[C@@H]2[C@H]3C=C[C@@H]([C@@H]4C[C@@H]34)[C@H]2C(=O)N1N=Cc1ccc(OCc2ccccc2Cl)c(Br)c1. The second-order valence-electron chi connectivity index (χ2n) is 8.96. The Morgan fingerprint density at radius 1 is 1.06 bits per heavy atom. The van der Waals surface area contributed by atoms with Gasteiger partial charge in [0.15, 0.2) is 0 Å². The maximum atomic E-state index is 13.0. The maximum Gasteiger partial charge on any atom is 0.254 e. The molecule has 0 unspecified atom stereocenters. The molecule has 7 heteroatoms. The zero-order valence-electron chi connectivity index (χ0n) is 17.0. The van der Waals surface area contributed by atoms with Crippen LogP contribution < -0.4 is 4.74 Å². The Morgan fingerprint density at radius 3 is 2.41 bits per heavy atom. The van der Waals surface area contributed by atoms with Gasteiger partial charge < -0.3 is 4.74 Å². The van der Waals surface area contributed by atoms with Crippen molar-refractivity contribution >= 4 is 45.6 Å². The third-order valence-electron chi connectivity index (χ3n) is 7.26. The predicted octanol–water partition coefficient (Wildman–Crippen LogP) is 5.07. The van der Waals surface area contributed by atoms with Gasteiger partial charge in [0.2, 0.25) is 0 Å². The Balaban J connectivity index is 1.16. The summed E-state index contributed by atoms with van der Waals surface area (Å²) in [4.78, 5) is 26.0. The fourth-order valence-electron chi connectivity index (χ4n) is 5.66. The first-order valence-corrected chi connectivity index (χ1v) is 12.0. The van der Waals surface area contributed by atoms with Gasteiger partial charge in [-0.2, -0.15) is 10.1 Å². The lowest BCUT2D eigenvalue weighted by Gasteiger charge is -2.37. The molecule has 1 aliphatic heterocycles. The minimum atomic E-state index is -0.231. The second kappa shape index (κ2) is 7.56. The molecule has 0 spiro atoms. The van der Waals surface area contributed by atoms with Crippen LogP contribution in [0.1, 0.15) is 17.5 Å². The summed E-state index contributed by atoms with van der Waals surface area (Å²) in [6, 6.07) is 13.1. The zero-order chi connectivity index (χ0) is 22.0. The summed E-state index contributed by atoms with van der Waals surface area (Å²) in [5.74, 6) is 1.48. The average Bonchev–Trinajstić information content (AvgIpc) is 3.57. The maximum absolute atomic E-state index is 13.0. The fraction of sp³-hybridized carbons (Fsp3) is 0.320. The highest BCUT2D eigenvalue weighted by Gasteiger charge is 2.67. The monoisotopic (exact) mass is 510 g/mol. The third-order valence-corrected chi connectivity index (χ3v) is 8.25. The molecule has 0 radical (unpaired) electrons. The molecular formula is C25H20BrClN2O3. The number of carbonyl (C=O) groups is 2. The van der Waals surface area contributed by atoms with Gasteiger partial charge in [-0.25, -0.2) is 0 Å². The van der Waals surface area contributed by atoms with Crippen LogP contribution in [-0.2, 0) is 16.2 Å². The predicted molar refractivity (Wildman–Crippen MR) is 124 cm³/mol. The van der Waals surface area contributed by atoms with E-state index in [1.54, 1.807) is 6.21 Å². The third kappa shape index (κ3) is 3.15. The van der Waals surface area contributed by atoms with E-state index in [1.165, 1.54) is 0 Å². The highest BCUT2D eigenvalue weighted by molar-refractivity contribution is 9.10. The molecule has 1 heterocycles. The summed E-state index contributed by atoms with van der Waals surface area (Å²) in [5.41, 5.74) is 1.67. The van der Waals surface area contributed by atoms with Crippen molar-refractivity contribution in [2.75, 3.05) is 0 Å². The van der Waals surface area contributed by atoms with Gasteiger partial charge in [-0.3, -0.25) is 9.59 Å². The molecule has 2 aromatic rings. The van der Waals surface area contributed by atoms with E-state index in [0.29, 0.717) is 29.2 Å². The molecule has 162 valence electrons. The molecule has 6 atom stereocenters. The molecule has 5 nitrogen and oxygen atoms in total. The normalized spacial score (nSPS) is 31.9. The van der Waals surface area contributed by atoms with Crippen molar-refractivity contribution in [1.29, 1.82) is 0 Å². The van der Waals surface area contributed by atoms with E-state index in [4.69, 9.17) is 16.3 Å². The van der Waals surface area contributed by atoms with Gasteiger partial charge in [-0.05, 0) is 75.9 Å². The standard InChI is InChI=1S/C25H20BrClN2O3/c26-19-9-13(5-8-21(19)32-12-14-3-1-2-4-20(14)27)11-28-29-24(30)22-15-6-7-16(18-10-17(15)18)23(22)25(29)31/h1-9,11,15-18,22-23H,10,12H2/t15-,16-,17-,18-,22+,23+/m0/s1. The van der Waals surface area contributed by atoms with Gasteiger partial charge >= 0.3 is 0 Å². The Kier molecular flexibility index (Phi) is 4.77. The van der Waals surface area contributed by atoms with Crippen molar-refractivity contribution in [3.8, 4) is 5.75 Å². The minimum Gasteiger partial charge on any atom is -0.488 e. The molecule has 4 aliphatic carbocycles. The molecular weight excluding hydrogens is 492 g/mol. The Labute approximate surface area is 199 Å². The second-order valence-corrected chi connectivity index (χ2v) is 10.2. The van der Waals surface area contributed by atoms with Crippen LogP contribution in [0.4, 0.5) is 0 Å². The number of rotatable bonds is 5. The summed E-state index contributed by atoms with van der Waals surface area (Å²) in [6.45, 7) is 0.351. The highest BCUT2D eigenvalue weighted by Crippen LogP contribution is 2.65. The molecule has 0 aromatic heterocycles. The van der Waals surface area contributed by atoms with E-state index in [0.717, 1.165) is 27.0 Å².